The number of amides is 1. The predicted octanol–water partition coefficient (Wildman–Crippen LogP) is 3.63. The Balaban J connectivity index is 1.36. The first-order valence-corrected chi connectivity index (χ1v) is 10.5. The lowest BCUT2D eigenvalue weighted by Crippen LogP contribution is -2.17. The lowest BCUT2D eigenvalue weighted by Gasteiger charge is -2.09. The van der Waals surface area contributed by atoms with E-state index in [0.717, 1.165) is 21.0 Å². The molecule has 1 amide bonds. The maximum atomic E-state index is 12.3. The number of rotatable bonds is 8. The van der Waals surface area contributed by atoms with Crippen LogP contribution in [0.25, 0.3) is 22.2 Å². The molecule has 0 aliphatic heterocycles. The van der Waals surface area contributed by atoms with Gasteiger partial charge in [0.15, 0.2) is 0 Å². The average Bonchev–Trinajstić information content (AvgIpc) is 3.46. The van der Waals surface area contributed by atoms with Crippen molar-refractivity contribution in [2.45, 2.75) is 26.7 Å². The van der Waals surface area contributed by atoms with Gasteiger partial charge < -0.3 is 19.9 Å². The highest BCUT2D eigenvalue weighted by atomic mass is 16.6. The minimum atomic E-state index is -0.587. The number of ether oxygens (including phenoxy) is 1. The summed E-state index contributed by atoms with van der Waals surface area (Å²) in [5.74, 6) is 1.41. The summed E-state index contributed by atoms with van der Waals surface area (Å²) in [6.07, 6.45) is 4.83. The van der Waals surface area contributed by atoms with Crippen molar-refractivity contribution in [1.82, 2.24) is 24.9 Å². The third kappa shape index (κ3) is 5.32. The Labute approximate surface area is 189 Å². The van der Waals surface area contributed by atoms with Gasteiger partial charge in [-0.15, -0.1) is 0 Å². The molecule has 2 N–H and O–H groups in total. The number of hydrogen-bond donors (Lipinski definition) is 2. The van der Waals surface area contributed by atoms with E-state index in [1.165, 1.54) is 12.4 Å². The summed E-state index contributed by atoms with van der Waals surface area (Å²) >= 11 is 0. The van der Waals surface area contributed by atoms with Crippen LogP contribution >= 0.6 is 0 Å². The molecule has 11 nitrogen and oxygen atoms in total. The van der Waals surface area contributed by atoms with E-state index in [0.29, 0.717) is 42.8 Å². The van der Waals surface area contributed by atoms with Gasteiger partial charge in [-0.05, 0) is 23.9 Å². The van der Waals surface area contributed by atoms with Gasteiger partial charge in [0.25, 0.3) is 0 Å². The molecule has 0 atom stereocenters. The number of nitrogens with zero attached hydrogens (tertiary/aromatic N) is 5. The van der Waals surface area contributed by atoms with E-state index in [9.17, 15) is 9.59 Å². The molecule has 4 aromatic rings. The molecule has 170 valence electrons. The quantitative estimate of drug-likeness (QED) is 0.413. The molecule has 0 unspecified atom stereocenters. The van der Waals surface area contributed by atoms with Crippen LogP contribution in [0.3, 0.4) is 0 Å². The Morgan fingerprint density at radius 2 is 2.12 bits per heavy atom. The van der Waals surface area contributed by atoms with Crippen molar-refractivity contribution >= 4 is 34.3 Å². The van der Waals surface area contributed by atoms with Gasteiger partial charge in [-0.3, -0.25) is 4.79 Å². The first-order chi connectivity index (χ1) is 16.0. The normalized spacial score (nSPS) is 10.8. The largest absolute Gasteiger partial charge is 0.448 e. The molecule has 11 heteroatoms. The molecule has 0 bridgehead atoms. The zero-order valence-electron chi connectivity index (χ0n) is 18.2. The fraction of sp³-hybridized carbons (Fsp3) is 0.273. The number of nitrogens with one attached hydrogen (secondary N) is 2. The van der Waals surface area contributed by atoms with Crippen LogP contribution < -0.4 is 10.6 Å². The molecule has 3 aromatic heterocycles. The van der Waals surface area contributed by atoms with E-state index in [4.69, 9.17) is 9.26 Å². The summed E-state index contributed by atoms with van der Waals surface area (Å²) in [4.78, 5) is 32.8. The lowest BCUT2D eigenvalue weighted by atomic mass is 10.1. The van der Waals surface area contributed by atoms with Crippen molar-refractivity contribution in [2.24, 2.45) is 0 Å². The van der Waals surface area contributed by atoms with Gasteiger partial charge in [0.05, 0.1) is 24.7 Å². The Hall–Kier alpha value is -4.28. The number of anilines is 2. The standard InChI is InChI=1S/C22H23N7O4/c1-3-10-32-22(31)29-13-17(12-25-29)27-19(30)7-9-24-21-18-11-16(20-26-14(2)33-28-20)5-4-15(18)6-8-23-21/h4-6,8,11-13H,3,7,9-10H2,1-2H3,(H,23,24)(H,27,30). The Morgan fingerprint density at radius 1 is 1.24 bits per heavy atom. The van der Waals surface area contributed by atoms with E-state index in [1.807, 2.05) is 31.2 Å². The van der Waals surface area contributed by atoms with Gasteiger partial charge in [0, 0.05) is 37.0 Å². The highest BCUT2D eigenvalue weighted by Gasteiger charge is 2.12. The zero-order valence-corrected chi connectivity index (χ0v) is 18.2. The molecule has 0 aliphatic carbocycles. The number of pyridine rings is 1. The number of carbonyl (C=O) groups is 2. The lowest BCUT2D eigenvalue weighted by molar-refractivity contribution is -0.115. The van der Waals surface area contributed by atoms with Crippen LogP contribution in [0.15, 0.2) is 47.4 Å². The first-order valence-electron chi connectivity index (χ1n) is 10.5. The van der Waals surface area contributed by atoms with Gasteiger partial charge >= 0.3 is 6.09 Å². The monoisotopic (exact) mass is 449 g/mol. The van der Waals surface area contributed by atoms with Gasteiger partial charge in [-0.2, -0.15) is 14.8 Å². The Kier molecular flexibility index (Phi) is 6.58. The number of aromatic nitrogens is 5. The average molecular weight is 449 g/mol. The number of carbonyl (C=O) groups excluding carboxylic acids is 2. The maximum absolute atomic E-state index is 12.3. The molecule has 0 saturated heterocycles. The molecule has 0 radical (unpaired) electrons. The summed E-state index contributed by atoms with van der Waals surface area (Å²) in [6, 6.07) is 7.71. The summed E-state index contributed by atoms with van der Waals surface area (Å²) in [6.45, 7) is 4.30. The Morgan fingerprint density at radius 3 is 2.91 bits per heavy atom. The van der Waals surface area contributed by atoms with Crippen LogP contribution in [-0.2, 0) is 9.53 Å². The molecule has 0 saturated carbocycles. The van der Waals surface area contributed by atoms with Crippen LogP contribution in [-0.4, -0.2) is 50.1 Å². The van der Waals surface area contributed by atoms with Crippen molar-refractivity contribution < 1.29 is 18.8 Å². The summed E-state index contributed by atoms with van der Waals surface area (Å²) in [7, 11) is 0. The topological polar surface area (TPSA) is 137 Å². The van der Waals surface area contributed by atoms with E-state index in [-0.39, 0.29) is 12.3 Å². The fourth-order valence-electron chi connectivity index (χ4n) is 3.13. The second-order valence-electron chi connectivity index (χ2n) is 7.25. The molecule has 33 heavy (non-hydrogen) atoms. The number of benzene rings is 1. The van der Waals surface area contributed by atoms with Crippen molar-refractivity contribution in [3.63, 3.8) is 0 Å². The second-order valence-corrected chi connectivity index (χ2v) is 7.25. The number of fused-ring (bicyclic) bond motifs is 1. The van der Waals surface area contributed by atoms with Crippen LogP contribution in [0, 0.1) is 6.92 Å². The van der Waals surface area contributed by atoms with Crippen LogP contribution in [0.5, 0.6) is 0 Å². The molecular weight excluding hydrogens is 426 g/mol. The van der Waals surface area contributed by atoms with Crippen LogP contribution in [0.1, 0.15) is 25.7 Å². The molecule has 1 aromatic carbocycles. The number of hydrogen-bond acceptors (Lipinski definition) is 9. The Bertz CT molecular complexity index is 1280. The van der Waals surface area contributed by atoms with E-state index >= 15 is 0 Å². The van der Waals surface area contributed by atoms with E-state index in [2.05, 4.69) is 30.9 Å². The van der Waals surface area contributed by atoms with Gasteiger partial charge in [-0.25, -0.2) is 9.78 Å². The smallest absolute Gasteiger partial charge is 0.434 e. The van der Waals surface area contributed by atoms with Gasteiger partial charge in [-0.1, -0.05) is 24.2 Å². The van der Waals surface area contributed by atoms with Crippen molar-refractivity contribution in [3.8, 4) is 11.4 Å². The SMILES string of the molecule is CCCOC(=O)n1cc(NC(=O)CCNc2nccc3ccc(-c4noc(C)n4)cc23)cn1. The van der Waals surface area contributed by atoms with Crippen molar-refractivity contribution in [3.05, 3.63) is 48.7 Å². The summed E-state index contributed by atoms with van der Waals surface area (Å²) < 4.78 is 11.1. The summed E-state index contributed by atoms with van der Waals surface area (Å²) in [5.41, 5.74) is 1.22. The van der Waals surface area contributed by atoms with Crippen molar-refractivity contribution in [1.29, 1.82) is 0 Å². The van der Waals surface area contributed by atoms with Gasteiger partial charge in [0.2, 0.25) is 17.6 Å². The van der Waals surface area contributed by atoms with Gasteiger partial charge in [0.1, 0.15) is 5.82 Å². The van der Waals surface area contributed by atoms with E-state index < -0.39 is 6.09 Å². The highest BCUT2D eigenvalue weighted by Crippen LogP contribution is 2.26. The molecular formula is C22H23N7O4. The molecule has 0 fully saturated rings. The second kappa shape index (κ2) is 9.90. The molecule has 0 aliphatic rings. The minimum absolute atomic E-state index is 0.188. The van der Waals surface area contributed by atoms with Crippen LogP contribution in [0.4, 0.5) is 16.3 Å². The summed E-state index contributed by atoms with van der Waals surface area (Å²) in [5, 5.41) is 15.6. The fourth-order valence-corrected chi connectivity index (χ4v) is 3.13. The van der Waals surface area contributed by atoms with Crippen molar-refractivity contribution in [2.75, 3.05) is 23.8 Å². The third-order valence-corrected chi connectivity index (χ3v) is 4.68. The highest BCUT2D eigenvalue weighted by molar-refractivity contribution is 5.95. The zero-order chi connectivity index (χ0) is 23.2. The first kappa shape index (κ1) is 21.9. The third-order valence-electron chi connectivity index (χ3n) is 4.68. The maximum Gasteiger partial charge on any atom is 0.434 e. The predicted molar refractivity (Wildman–Crippen MR) is 121 cm³/mol. The van der Waals surface area contributed by atoms with E-state index in [1.54, 1.807) is 13.1 Å². The molecule has 4 rings (SSSR count). The molecule has 3 heterocycles. The van der Waals surface area contributed by atoms with Crippen LogP contribution in [0.2, 0.25) is 0 Å². The number of aryl methyl sites for hydroxylation is 1. The molecule has 0 spiro atoms. The minimum Gasteiger partial charge on any atom is -0.448 e.